The standard InChI is InChI=1S/C19H21N3O3S2/c1-13(19-21-16-9-4-5-10-17(16)26-19)22(2)12-18(23)20-14-7-6-8-15(11-14)27(3,24)25/h4-11,13H,12H2,1-3H3,(H,20,23)/p+1/t13-/m0/s1. The number of amides is 1. The van der Waals surface area contributed by atoms with Gasteiger partial charge < -0.3 is 10.2 Å². The van der Waals surface area contributed by atoms with E-state index >= 15 is 0 Å². The Hall–Kier alpha value is -2.29. The van der Waals surface area contributed by atoms with Gasteiger partial charge >= 0.3 is 0 Å². The summed E-state index contributed by atoms with van der Waals surface area (Å²) < 4.78 is 24.4. The van der Waals surface area contributed by atoms with Crippen molar-refractivity contribution in [3.05, 3.63) is 53.5 Å². The predicted octanol–water partition coefficient (Wildman–Crippen LogP) is 1.91. The maximum absolute atomic E-state index is 12.4. The fraction of sp³-hybridized carbons (Fsp3) is 0.263. The van der Waals surface area contributed by atoms with Crippen LogP contribution in [0.4, 0.5) is 5.69 Å². The van der Waals surface area contributed by atoms with E-state index < -0.39 is 9.84 Å². The molecule has 2 atom stereocenters. The zero-order chi connectivity index (χ0) is 19.6. The van der Waals surface area contributed by atoms with Crippen molar-refractivity contribution in [2.45, 2.75) is 17.9 Å². The molecule has 2 N–H and O–H groups in total. The van der Waals surface area contributed by atoms with E-state index in [-0.39, 0.29) is 23.4 Å². The first kappa shape index (κ1) is 19.5. The lowest BCUT2D eigenvalue weighted by Gasteiger charge is -2.19. The number of nitrogens with one attached hydrogen (secondary N) is 2. The molecule has 0 bridgehead atoms. The molecule has 0 radical (unpaired) electrons. The Labute approximate surface area is 162 Å². The summed E-state index contributed by atoms with van der Waals surface area (Å²) >= 11 is 1.64. The lowest BCUT2D eigenvalue weighted by molar-refractivity contribution is -0.902. The van der Waals surface area contributed by atoms with E-state index in [2.05, 4.69) is 10.3 Å². The number of hydrogen-bond acceptors (Lipinski definition) is 5. The molecule has 1 unspecified atom stereocenters. The summed E-state index contributed by atoms with van der Waals surface area (Å²) in [5, 5.41) is 3.76. The van der Waals surface area contributed by atoms with Crippen molar-refractivity contribution in [2.75, 3.05) is 25.2 Å². The largest absolute Gasteiger partial charge is 0.322 e. The number of thiazole rings is 1. The molecule has 0 spiro atoms. The molecule has 1 aromatic heterocycles. The second-order valence-electron chi connectivity index (χ2n) is 6.61. The Bertz CT molecular complexity index is 1040. The predicted molar refractivity (Wildman–Crippen MR) is 108 cm³/mol. The van der Waals surface area contributed by atoms with Gasteiger partial charge in [-0.25, -0.2) is 13.4 Å². The Morgan fingerprint density at radius 3 is 2.67 bits per heavy atom. The van der Waals surface area contributed by atoms with Crippen molar-refractivity contribution >= 4 is 43.0 Å². The van der Waals surface area contributed by atoms with Gasteiger partial charge in [0.15, 0.2) is 21.4 Å². The second kappa shape index (κ2) is 7.75. The van der Waals surface area contributed by atoms with Gasteiger partial charge in [-0.3, -0.25) is 4.79 Å². The number of nitrogens with zero attached hydrogens (tertiary/aromatic N) is 1. The minimum atomic E-state index is -3.31. The van der Waals surface area contributed by atoms with Crippen LogP contribution >= 0.6 is 11.3 Å². The van der Waals surface area contributed by atoms with Gasteiger partial charge in [-0.1, -0.05) is 18.2 Å². The first-order valence-electron chi connectivity index (χ1n) is 8.52. The summed E-state index contributed by atoms with van der Waals surface area (Å²) in [6.07, 6.45) is 1.14. The van der Waals surface area contributed by atoms with Crippen LogP contribution < -0.4 is 10.2 Å². The van der Waals surface area contributed by atoms with Crippen molar-refractivity contribution in [3.8, 4) is 0 Å². The van der Waals surface area contributed by atoms with Gasteiger partial charge in [0.1, 0.15) is 6.04 Å². The molecule has 0 fully saturated rings. The van der Waals surface area contributed by atoms with Gasteiger partial charge in [0.05, 0.1) is 22.2 Å². The quantitative estimate of drug-likeness (QED) is 0.658. The molecule has 142 valence electrons. The highest BCUT2D eigenvalue weighted by Gasteiger charge is 2.22. The topological polar surface area (TPSA) is 80.6 Å². The Balaban J connectivity index is 1.66. The highest BCUT2D eigenvalue weighted by Crippen LogP contribution is 2.24. The zero-order valence-electron chi connectivity index (χ0n) is 15.4. The number of para-hydroxylation sites is 1. The van der Waals surface area contributed by atoms with Crippen LogP contribution in [0.2, 0.25) is 0 Å². The number of carbonyl (C=O) groups is 1. The van der Waals surface area contributed by atoms with Gasteiger partial charge in [-0.15, -0.1) is 11.3 Å². The third-order valence-corrected chi connectivity index (χ3v) is 6.73. The number of rotatable bonds is 6. The lowest BCUT2D eigenvalue weighted by atomic mass is 10.3. The minimum absolute atomic E-state index is 0.0653. The average molecular weight is 405 g/mol. The molecule has 6 nitrogen and oxygen atoms in total. The SMILES string of the molecule is C[C@@H](c1nc2ccccc2s1)[NH+](C)CC(=O)Nc1cccc(S(C)(=O)=O)c1. The Morgan fingerprint density at radius 1 is 1.22 bits per heavy atom. The number of fused-ring (bicyclic) bond motifs is 1. The number of carbonyl (C=O) groups excluding carboxylic acids is 1. The minimum Gasteiger partial charge on any atom is -0.322 e. The number of likely N-dealkylation sites (N-methyl/N-ethyl adjacent to an activating group) is 1. The normalized spacial score (nSPS) is 14.0. The van der Waals surface area contributed by atoms with Gasteiger partial charge in [0.2, 0.25) is 0 Å². The number of hydrogen-bond donors (Lipinski definition) is 2. The first-order valence-corrected chi connectivity index (χ1v) is 11.2. The highest BCUT2D eigenvalue weighted by molar-refractivity contribution is 7.90. The number of quaternary nitrogens is 1. The molecule has 0 aliphatic rings. The smallest absolute Gasteiger partial charge is 0.279 e. The van der Waals surface area contributed by atoms with Crippen LogP contribution in [0.5, 0.6) is 0 Å². The van der Waals surface area contributed by atoms with E-state index in [0.717, 1.165) is 26.4 Å². The molecular formula is C19H22N3O3S2+. The highest BCUT2D eigenvalue weighted by atomic mass is 32.2. The molecule has 3 aromatic rings. The van der Waals surface area contributed by atoms with Crippen LogP contribution in [0.3, 0.4) is 0 Å². The molecule has 2 aromatic carbocycles. The van der Waals surface area contributed by atoms with Crippen LogP contribution in [0.15, 0.2) is 53.4 Å². The Morgan fingerprint density at radius 2 is 1.96 bits per heavy atom. The van der Waals surface area contributed by atoms with Crippen LogP contribution in [-0.4, -0.2) is 39.2 Å². The molecule has 0 aliphatic carbocycles. The molecule has 0 saturated heterocycles. The Kier molecular flexibility index (Phi) is 5.59. The summed E-state index contributed by atoms with van der Waals surface area (Å²) in [6, 6.07) is 14.3. The number of benzene rings is 2. The van der Waals surface area contributed by atoms with E-state index in [1.807, 2.05) is 38.2 Å². The van der Waals surface area contributed by atoms with Crippen molar-refractivity contribution in [1.29, 1.82) is 0 Å². The van der Waals surface area contributed by atoms with E-state index in [4.69, 9.17) is 0 Å². The summed E-state index contributed by atoms with van der Waals surface area (Å²) in [4.78, 5) is 18.2. The molecular weight excluding hydrogens is 382 g/mol. The number of aromatic nitrogens is 1. The van der Waals surface area contributed by atoms with Crippen LogP contribution in [0, 0.1) is 0 Å². The molecule has 1 amide bonds. The first-order chi connectivity index (χ1) is 12.7. The lowest BCUT2D eigenvalue weighted by Crippen LogP contribution is -3.10. The van der Waals surface area contributed by atoms with Gasteiger partial charge in [-0.05, 0) is 37.3 Å². The number of anilines is 1. The molecule has 0 aliphatic heterocycles. The van der Waals surface area contributed by atoms with Gasteiger partial charge in [0, 0.05) is 11.9 Å². The van der Waals surface area contributed by atoms with Gasteiger partial charge in [0.25, 0.3) is 5.91 Å². The fourth-order valence-corrected chi connectivity index (χ4v) is 4.48. The average Bonchev–Trinajstić information content (AvgIpc) is 3.04. The fourth-order valence-electron chi connectivity index (χ4n) is 2.70. The van der Waals surface area contributed by atoms with E-state index in [1.165, 1.54) is 12.1 Å². The van der Waals surface area contributed by atoms with E-state index in [9.17, 15) is 13.2 Å². The molecule has 0 saturated carbocycles. The monoisotopic (exact) mass is 404 g/mol. The van der Waals surface area contributed by atoms with Gasteiger partial charge in [-0.2, -0.15) is 0 Å². The second-order valence-corrected chi connectivity index (χ2v) is 9.69. The van der Waals surface area contributed by atoms with Crippen molar-refractivity contribution in [1.82, 2.24) is 4.98 Å². The van der Waals surface area contributed by atoms with Crippen molar-refractivity contribution in [3.63, 3.8) is 0 Å². The maximum Gasteiger partial charge on any atom is 0.279 e. The molecule has 8 heteroatoms. The molecule has 27 heavy (non-hydrogen) atoms. The van der Waals surface area contributed by atoms with Crippen LogP contribution in [0.25, 0.3) is 10.2 Å². The van der Waals surface area contributed by atoms with E-state index in [1.54, 1.807) is 23.5 Å². The summed E-state index contributed by atoms with van der Waals surface area (Å²) in [6.45, 7) is 2.30. The maximum atomic E-state index is 12.4. The molecule has 3 rings (SSSR count). The van der Waals surface area contributed by atoms with E-state index in [0.29, 0.717) is 5.69 Å². The molecule has 1 heterocycles. The van der Waals surface area contributed by atoms with Crippen molar-refractivity contribution < 1.29 is 18.1 Å². The van der Waals surface area contributed by atoms with Crippen LogP contribution in [0.1, 0.15) is 18.0 Å². The van der Waals surface area contributed by atoms with Crippen molar-refractivity contribution in [2.24, 2.45) is 0 Å². The zero-order valence-corrected chi connectivity index (χ0v) is 17.0. The van der Waals surface area contributed by atoms with Crippen LogP contribution in [-0.2, 0) is 14.6 Å². The number of sulfone groups is 1. The third kappa shape index (κ3) is 4.71. The summed E-state index contributed by atoms with van der Waals surface area (Å²) in [5.41, 5.74) is 1.45. The third-order valence-electron chi connectivity index (χ3n) is 4.41. The summed E-state index contributed by atoms with van der Waals surface area (Å²) in [5.74, 6) is -0.175. The summed E-state index contributed by atoms with van der Waals surface area (Å²) in [7, 11) is -1.36.